The van der Waals surface area contributed by atoms with E-state index in [9.17, 15) is 0 Å². The molecule has 0 spiro atoms. The van der Waals surface area contributed by atoms with Gasteiger partial charge < -0.3 is 0 Å². The van der Waals surface area contributed by atoms with Gasteiger partial charge in [-0.05, 0) is 106 Å². The van der Waals surface area contributed by atoms with Crippen LogP contribution in [0.25, 0.3) is 0 Å². The molecule has 0 aromatic heterocycles. The molecule has 0 amide bonds. The molecule has 0 bridgehead atoms. The van der Waals surface area contributed by atoms with E-state index in [0.29, 0.717) is 0 Å². The van der Waals surface area contributed by atoms with E-state index in [0.717, 1.165) is 53.5 Å². The van der Waals surface area contributed by atoms with Crippen LogP contribution in [0.15, 0.2) is 5.10 Å². The fraction of sp³-hybridized carbons (Fsp3) is 0.966. The standard InChI is InChI=1S/C29H48N2/c1-3-10-25(11-4-1)31(26-12-5-2-6-13-26)30-20-24-17-16-23-15-14-21-8-7-9-22-18-19-27(24)29(23)28(21)22/h20-29H,1-19H2. The van der Waals surface area contributed by atoms with Crippen molar-refractivity contribution >= 4 is 6.21 Å². The first-order valence-electron chi connectivity index (χ1n) is 14.7. The summed E-state index contributed by atoms with van der Waals surface area (Å²) in [6.45, 7) is 0. The Kier molecular flexibility index (Phi) is 6.36. The fourth-order valence-electron chi connectivity index (χ4n) is 9.87. The fourth-order valence-corrected chi connectivity index (χ4v) is 9.87. The molecule has 31 heavy (non-hydrogen) atoms. The van der Waals surface area contributed by atoms with Gasteiger partial charge in [-0.2, -0.15) is 5.10 Å². The van der Waals surface area contributed by atoms with E-state index < -0.39 is 0 Å². The Morgan fingerprint density at radius 1 is 0.484 bits per heavy atom. The maximum atomic E-state index is 5.46. The molecule has 6 fully saturated rings. The third kappa shape index (κ3) is 4.12. The third-order valence-electron chi connectivity index (χ3n) is 11.2. The van der Waals surface area contributed by atoms with Crippen molar-refractivity contribution in [1.29, 1.82) is 0 Å². The predicted molar refractivity (Wildman–Crippen MR) is 130 cm³/mol. The Morgan fingerprint density at radius 2 is 1.03 bits per heavy atom. The first-order valence-corrected chi connectivity index (χ1v) is 14.7. The third-order valence-corrected chi connectivity index (χ3v) is 11.2. The highest BCUT2D eigenvalue weighted by Crippen LogP contribution is 2.60. The SMILES string of the molecule is C(=NN(C1CCCCC1)C1CCCCC1)C1CCC2CCC3CCCC4CCC1C2C34. The summed E-state index contributed by atoms with van der Waals surface area (Å²) in [4.78, 5) is 0. The monoisotopic (exact) mass is 424 g/mol. The molecule has 0 aromatic rings. The summed E-state index contributed by atoms with van der Waals surface area (Å²) in [6.07, 6.45) is 30.6. The van der Waals surface area contributed by atoms with E-state index in [1.54, 1.807) is 32.1 Å². The number of hydrazone groups is 1. The number of hydrogen-bond donors (Lipinski definition) is 0. The molecule has 0 radical (unpaired) electrons. The van der Waals surface area contributed by atoms with Gasteiger partial charge in [-0.25, -0.2) is 0 Å². The summed E-state index contributed by atoms with van der Waals surface area (Å²) >= 11 is 0. The number of nitrogens with zero attached hydrogens (tertiary/aromatic N) is 2. The minimum atomic E-state index is 0.748. The van der Waals surface area contributed by atoms with Crippen molar-refractivity contribution < 1.29 is 0 Å². The van der Waals surface area contributed by atoms with Crippen LogP contribution in [0.5, 0.6) is 0 Å². The summed E-state index contributed by atoms with van der Waals surface area (Å²) in [5.74, 6) is 7.21. The first kappa shape index (κ1) is 21.0. The van der Waals surface area contributed by atoms with Crippen LogP contribution in [0.4, 0.5) is 0 Å². The van der Waals surface area contributed by atoms with Crippen LogP contribution in [0.2, 0.25) is 0 Å². The molecular formula is C29H48N2. The lowest BCUT2D eigenvalue weighted by atomic mass is 9.46. The van der Waals surface area contributed by atoms with Crippen LogP contribution >= 0.6 is 0 Å². The highest BCUT2D eigenvalue weighted by Gasteiger charge is 2.53. The highest BCUT2D eigenvalue weighted by atomic mass is 15.5. The molecule has 6 aliphatic rings. The lowest BCUT2D eigenvalue weighted by molar-refractivity contribution is -0.0856. The second-order valence-corrected chi connectivity index (χ2v) is 12.7. The quantitative estimate of drug-likeness (QED) is 0.332. The molecule has 0 saturated heterocycles. The second kappa shape index (κ2) is 9.38. The second-order valence-electron chi connectivity index (χ2n) is 12.7. The number of rotatable bonds is 4. The van der Waals surface area contributed by atoms with E-state index in [4.69, 9.17) is 5.10 Å². The van der Waals surface area contributed by atoms with Gasteiger partial charge >= 0.3 is 0 Å². The van der Waals surface area contributed by atoms with Gasteiger partial charge in [0.1, 0.15) is 0 Å². The zero-order valence-corrected chi connectivity index (χ0v) is 20.1. The minimum absolute atomic E-state index is 0.748. The van der Waals surface area contributed by atoms with Crippen LogP contribution in [-0.2, 0) is 0 Å². The van der Waals surface area contributed by atoms with E-state index >= 15 is 0 Å². The molecule has 2 nitrogen and oxygen atoms in total. The molecule has 174 valence electrons. The van der Waals surface area contributed by atoms with Crippen molar-refractivity contribution in [3.63, 3.8) is 0 Å². The maximum Gasteiger partial charge on any atom is 0.0473 e. The smallest absolute Gasteiger partial charge is 0.0473 e. The Morgan fingerprint density at radius 3 is 1.68 bits per heavy atom. The molecule has 0 N–H and O–H groups in total. The average molecular weight is 425 g/mol. The molecular weight excluding hydrogens is 376 g/mol. The van der Waals surface area contributed by atoms with Gasteiger partial charge in [0, 0.05) is 18.3 Å². The zero-order valence-electron chi connectivity index (χ0n) is 20.1. The minimum Gasteiger partial charge on any atom is -0.291 e. The Bertz CT molecular complexity index is 592. The van der Waals surface area contributed by atoms with Gasteiger partial charge in [0.05, 0.1) is 0 Å². The van der Waals surface area contributed by atoms with Crippen LogP contribution in [0, 0.1) is 41.4 Å². The molecule has 6 rings (SSSR count). The zero-order chi connectivity index (χ0) is 20.6. The predicted octanol–water partition coefficient (Wildman–Crippen LogP) is 7.82. The first-order chi connectivity index (χ1) is 15.4. The Hall–Kier alpha value is -0.530. The molecule has 6 aliphatic carbocycles. The molecule has 0 heterocycles. The average Bonchev–Trinajstić information content (AvgIpc) is 2.84. The van der Waals surface area contributed by atoms with Crippen LogP contribution in [0.1, 0.15) is 122 Å². The normalized spacial score (nSPS) is 44.2. The summed E-state index contributed by atoms with van der Waals surface area (Å²) in [7, 11) is 0. The summed E-state index contributed by atoms with van der Waals surface area (Å²) in [5, 5.41) is 8.15. The van der Waals surface area contributed by atoms with Crippen molar-refractivity contribution in [2.45, 2.75) is 134 Å². The molecule has 7 unspecified atom stereocenters. The maximum absolute atomic E-state index is 5.46. The largest absolute Gasteiger partial charge is 0.291 e. The summed E-state index contributed by atoms with van der Waals surface area (Å²) in [6, 6.07) is 1.50. The van der Waals surface area contributed by atoms with Crippen LogP contribution < -0.4 is 0 Å². The Labute approximate surface area is 192 Å². The van der Waals surface area contributed by atoms with E-state index in [-0.39, 0.29) is 0 Å². The lowest BCUT2D eigenvalue weighted by Gasteiger charge is -2.59. The van der Waals surface area contributed by atoms with Gasteiger partial charge in [0.25, 0.3) is 0 Å². The Balaban J connectivity index is 1.21. The van der Waals surface area contributed by atoms with Gasteiger partial charge in [-0.3, -0.25) is 5.01 Å². The van der Waals surface area contributed by atoms with Gasteiger partial charge in [-0.15, -0.1) is 0 Å². The van der Waals surface area contributed by atoms with E-state index in [2.05, 4.69) is 11.2 Å². The van der Waals surface area contributed by atoms with Crippen molar-refractivity contribution in [2.24, 2.45) is 46.5 Å². The van der Waals surface area contributed by atoms with Crippen molar-refractivity contribution in [3.8, 4) is 0 Å². The number of hydrogen-bond acceptors (Lipinski definition) is 2. The van der Waals surface area contributed by atoms with E-state index in [1.807, 2.05) is 0 Å². The molecule has 0 aliphatic heterocycles. The lowest BCUT2D eigenvalue weighted by Crippen LogP contribution is -2.52. The van der Waals surface area contributed by atoms with Crippen molar-refractivity contribution in [3.05, 3.63) is 0 Å². The van der Waals surface area contributed by atoms with Gasteiger partial charge in [0.2, 0.25) is 0 Å². The van der Waals surface area contributed by atoms with Crippen LogP contribution in [0.3, 0.4) is 0 Å². The topological polar surface area (TPSA) is 15.6 Å². The molecule has 7 atom stereocenters. The highest BCUT2D eigenvalue weighted by molar-refractivity contribution is 5.61. The van der Waals surface area contributed by atoms with Crippen molar-refractivity contribution in [2.75, 3.05) is 0 Å². The van der Waals surface area contributed by atoms with Gasteiger partial charge in [-0.1, -0.05) is 57.8 Å². The van der Waals surface area contributed by atoms with E-state index in [1.165, 1.54) is 89.9 Å². The summed E-state index contributed by atoms with van der Waals surface area (Å²) < 4.78 is 0. The summed E-state index contributed by atoms with van der Waals surface area (Å²) in [5.41, 5.74) is 0. The van der Waals surface area contributed by atoms with Crippen molar-refractivity contribution in [1.82, 2.24) is 5.01 Å². The van der Waals surface area contributed by atoms with Crippen LogP contribution in [-0.4, -0.2) is 23.3 Å². The molecule has 6 saturated carbocycles. The van der Waals surface area contributed by atoms with Gasteiger partial charge in [0.15, 0.2) is 0 Å². The molecule has 0 aromatic carbocycles. The molecule has 2 heteroatoms.